The predicted octanol–water partition coefficient (Wildman–Crippen LogP) is 3.48. The number of nitrogens with one attached hydrogen (secondary N) is 2. The van der Waals surface area contributed by atoms with Crippen molar-refractivity contribution in [1.29, 1.82) is 0 Å². The Balaban J connectivity index is 1.50. The lowest BCUT2D eigenvalue weighted by Crippen LogP contribution is -2.39. The summed E-state index contributed by atoms with van der Waals surface area (Å²) in [6, 6.07) is 18.1. The number of hydrazone groups is 1. The lowest BCUT2D eigenvalue weighted by Gasteiger charge is -2.21. The summed E-state index contributed by atoms with van der Waals surface area (Å²) >= 11 is 3.41. The number of hydrogen-bond donors (Lipinski definition) is 2. The summed E-state index contributed by atoms with van der Waals surface area (Å²) in [6.07, 6.45) is 1.42. The van der Waals surface area contributed by atoms with Crippen LogP contribution in [-0.2, 0) is 26.2 Å². The van der Waals surface area contributed by atoms with Crippen LogP contribution < -0.4 is 20.2 Å². The molecule has 0 spiro atoms. The summed E-state index contributed by atoms with van der Waals surface area (Å²) in [5.74, 6) is 0.259. The van der Waals surface area contributed by atoms with E-state index in [1.54, 1.807) is 36.4 Å². The van der Waals surface area contributed by atoms with Crippen molar-refractivity contribution in [2.75, 3.05) is 18.7 Å². The number of sulfonamides is 1. The average molecular weight is 587 g/mol. The second kappa shape index (κ2) is 11.5. The van der Waals surface area contributed by atoms with Crippen LogP contribution in [0.2, 0.25) is 0 Å². The molecule has 1 aliphatic heterocycles. The van der Waals surface area contributed by atoms with Gasteiger partial charge in [-0.2, -0.15) is 9.41 Å². The minimum atomic E-state index is -4.06. The van der Waals surface area contributed by atoms with E-state index in [0.717, 1.165) is 4.31 Å². The van der Waals surface area contributed by atoms with E-state index < -0.39 is 22.5 Å². The molecule has 2 N–H and O–H groups in total. The molecule has 0 atom stereocenters. The molecule has 0 aliphatic carbocycles. The van der Waals surface area contributed by atoms with Crippen LogP contribution in [0.1, 0.15) is 18.1 Å². The first-order valence-corrected chi connectivity index (χ1v) is 13.3. The monoisotopic (exact) mass is 586 g/mol. The zero-order valence-corrected chi connectivity index (χ0v) is 22.1. The van der Waals surface area contributed by atoms with Crippen LogP contribution in [0.4, 0.5) is 5.69 Å². The van der Waals surface area contributed by atoms with Crippen LogP contribution in [0.25, 0.3) is 0 Å². The summed E-state index contributed by atoms with van der Waals surface area (Å²) < 4.78 is 39.3. The van der Waals surface area contributed by atoms with Crippen molar-refractivity contribution in [2.24, 2.45) is 5.10 Å². The van der Waals surface area contributed by atoms with Gasteiger partial charge in [0.05, 0.1) is 17.7 Å². The number of benzene rings is 3. The van der Waals surface area contributed by atoms with E-state index in [0.29, 0.717) is 32.8 Å². The Hall–Kier alpha value is -3.74. The number of carbonyl (C=O) groups excluding carboxylic acids is 2. The zero-order valence-electron chi connectivity index (χ0n) is 19.7. The van der Waals surface area contributed by atoms with Crippen LogP contribution in [-0.4, -0.2) is 44.1 Å². The lowest BCUT2D eigenvalue weighted by molar-refractivity contribution is -0.121. The molecule has 0 fully saturated rings. The maximum Gasteiger partial charge on any atom is 0.255 e. The summed E-state index contributed by atoms with van der Waals surface area (Å²) in [5, 5.41) is 6.56. The smallest absolute Gasteiger partial charge is 0.255 e. The van der Waals surface area contributed by atoms with Gasteiger partial charge in [-0.1, -0.05) is 30.3 Å². The molecule has 10 nitrogen and oxygen atoms in total. The molecule has 192 valence electrons. The SMILES string of the molecule is CC(=O)Nc1ccc(S(=O)(=O)N(CC(=O)N/N=C\c2cc3c(cc2Br)OCO3)Cc2ccccc2)cc1. The van der Waals surface area contributed by atoms with E-state index in [-0.39, 0.29) is 24.1 Å². The zero-order chi connectivity index (χ0) is 26.4. The van der Waals surface area contributed by atoms with Gasteiger partial charge in [-0.05, 0) is 57.9 Å². The number of ether oxygens (including phenoxy) is 2. The van der Waals surface area contributed by atoms with Crippen LogP contribution in [0.3, 0.4) is 0 Å². The molecule has 0 bridgehead atoms. The summed E-state index contributed by atoms with van der Waals surface area (Å²) in [7, 11) is -4.06. The third kappa shape index (κ3) is 6.73. The quantitative estimate of drug-likeness (QED) is 0.292. The van der Waals surface area contributed by atoms with Gasteiger partial charge in [0, 0.05) is 29.2 Å². The van der Waals surface area contributed by atoms with E-state index in [4.69, 9.17) is 9.47 Å². The van der Waals surface area contributed by atoms with Crippen molar-refractivity contribution < 1.29 is 27.5 Å². The van der Waals surface area contributed by atoms with E-state index in [2.05, 4.69) is 31.8 Å². The number of hydrogen-bond acceptors (Lipinski definition) is 7. The maximum absolute atomic E-state index is 13.4. The number of rotatable bonds is 9. The molecule has 4 rings (SSSR count). The Labute approximate surface area is 222 Å². The van der Waals surface area contributed by atoms with Gasteiger partial charge in [0.2, 0.25) is 22.7 Å². The Kier molecular flexibility index (Phi) is 8.21. The lowest BCUT2D eigenvalue weighted by atomic mass is 10.2. The van der Waals surface area contributed by atoms with Gasteiger partial charge in [-0.25, -0.2) is 13.8 Å². The normalized spacial score (nSPS) is 12.6. The van der Waals surface area contributed by atoms with Gasteiger partial charge in [0.1, 0.15) is 0 Å². The average Bonchev–Trinajstić information content (AvgIpc) is 3.31. The molecule has 1 heterocycles. The Morgan fingerprint density at radius 1 is 1.05 bits per heavy atom. The molecular formula is C25H23BrN4O6S. The van der Waals surface area contributed by atoms with Gasteiger partial charge >= 0.3 is 0 Å². The highest BCUT2D eigenvalue weighted by Gasteiger charge is 2.27. The van der Waals surface area contributed by atoms with Crippen molar-refractivity contribution in [3.8, 4) is 11.5 Å². The van der Waals surface area contributed by atoms with Crippen LogP contribution in [0.5, 0.6) is 11.5 Å². The van der Waals surface area contributed by atoms with E-state index in [9.17, 15) is 18.0 Å². The first-order chi connectivity index (χ1) is 17.7. The number of anilines is 1. The number of nitrogens with zero attached hydrogens (tertiary/aromatic N) is 2. The predicted molar refractivity (Wildman–Crippen MR) is 141 cm³/mol. The van der Waals surface area contributed by atoms with Crippen LogP contribution in [0.15, 0.2) is 81.2 Å². The molecule has 37 heavy (non-hydrogen) atoms. The Bertz CT molecular complexity index is 1430. The summed E-state index contributed by atoms with van der Waals surface area (Å²) in [6.45, 7) is 0.991. The molecule has 0 aromatic heterocycles. The second-order valence-electron chi connectivity index (χ2n) is 7.98. The van der Waals surface area contributed by atoms with Gasteiger partial charge < -0.3 is 14.8 Å². The Morgan fingerprint density at radius 3 is 2.41 bits per heavy atom. The van der Waals surface area contributed by atoms with Crippen molar-refractivity contribution in [3.63, 3.8) is 0 Å². The second-order valence-corrected chi connectivity index (χ2v) is 10.8. The third-order valence-electron chi connectivity index (χ3n) is 5.22. The van der Waals surface area contributed by atoms with Crippen molar-refractivity contribution in [1.82, 2.24) is 9.73 Å². The van der Waals surface area contributed by atoms with Crippen LogP contribution in [0, 0.1) is 0 Å². The minimum Gasteiger partial charge on any atom is -0.454 e. The highest BCUT2D eigenvalue weighted by molar-refractivity contribution is 9.10. The number of carbonyl (C=O) groups is 2. The maximum atomic E-state index is 13.4. The number of amides is 2. The molecule has 2 amide bonds. The fourth-order valence-electron chi connectivity index (χ4n) is 3.48. The molecular weight excluding hydrogens is 564 g/mol. The van der Waals surface area contributed by atoms with Crippen molar-refractivity contribution in [3.05, 3.63) is 82.3 Å². The van der Waals surface area contributed by atoms with Gasteiger partial charge in [-0.3, -0.25) is 9.59 Å². The third-order valence-corrected chi connectivity index (χ3v) is 7.71. The van der Waals surface area contributed by atoms with E-state index >= 15 is 0 Å². The largest absolute Gasteiger partial charge is 0.454 e. The van der Waals surface area contributed by atoms with Crippen molar-refractivity contribution >= 4 is 49.7 Å². The summed E-state index contributed by atoms with van der Waals surface area (Å²) in [5.41, 5.74) is 4.19. The van der Waals surface area contributed by atoms with Gasteiger partial charge in [0.15, 0.2) is 11.5 Å². The van der Waals surface area contributed by atoms with Crippen molar-refractivity contribution in [2.45, 2.75) is 18.4 Å². The van der Waals surface area contributed by atoms with E-state index in [1.165, 1.54) is 37.4 Å². The molecule has 1 aliphatic rings. The Morgan fingerprint density at radius 2 is 1.73 bits per heavy atom. The molecule has 0 saturated carbocycles. The molecule has 3 aromatic carbocycles. The highest BCUT2D eigenvalue weighted by Crippen LogP contribution is 2.36. The van der Waals surface area contributed by atoms with Gasteiger partial charge in [0.25, 0.3) is 5.91 Å². The molecule has 0 saturated heterocycles. The summed E-state index contributed by atoms with van der Waals surface area (Å²) in [4.78, 5) is 24.0. The number of halogens is 1. The molecule has 3 aromatic rings. The van der Waals surface area contributed by atoms with Gasteiger partial charge in [-0.15, -0.1) is 0 Å². The first-order valence-electron chi connectivity index (χ1n) is 11.0. The van der Waals surface area contributed by atoms with Crippen LogP contribution >= 0.6 is 15.9 Å². The fraction of sp³-hybridized carbons (Fsp3) is 0.160. The molecule has 0 unspecified atom stereocenters. The first kappa shape index (κ1) is 26.3. The molecule has 0 radical (unpaired) electrons. The standard InChI is InChI=1S/C25H23BrN4O6S/c1-17(31)28-20-7-9-21(10-8-20)37(33,34)30(14-18-5-3-2-4-6-18)15-25(32)29-27-13-19-11-23-24(12-22(19)26)36-16-35-23/h2-13H,14-16H2,1H3,(H,28,31)(H,29,32)/b27-13-. The molecule has 12 heteroatoms. The number of fused-ring (bicyclic) bond motifs is 1. The minimum absolute atomic E-state index is 0.0156. The topological polar surface area (TPSA) is 126 Å². The highest BCUT2D eigenvalue weighted by atomic mass is 79.9. The van der Waals surface area contributed by atoms with E-state index in [1.807, 2.05) is 6.07 Å². The fourth-order valence-corrected chi connectivity index (χ4v) is 5.29.